The number of halogens is 2. The molecule has 2 amide bonds. The van der Waals surface area contributed by atoms with E-state index in [1.807, 2.05) is 31.1 Å². The normalized spacial score (nSPS) is 14.3. The van der Waals surface area contributed by atoms with E-state index in [1.165, 1.54) is 44.8 Å². The molecule has 0 atom stereocenters. The average Bonchev–Trinajstić information content (AvgIpc) is 3.33. The highest BCUT2D eigenvalue weighted by Crippen LogP contribution is 2.32. The van der Waals surface area contributed by atoms with Crippen LogP contribution in [0.1, 0.15) is 23.7 Å². The molecule has 1 fully saturated rings. The van der Waals surface area contributed by atoms with Gasteiger partial charge in [0, 0.05) is 43.3 Å². The summed E-state index contributed by atoms with van der Waals surface area (Å²) in [5, 5.41) is 1.16. The highest BCUT2D eigenvalue weighted by molar-refractivity contribution is 7.89. The number of hydrogen-bond acceptors (Lipinski definition) is 8. The molecule has 1 saturated heterocycles. The van der Waals surface area contributed by atoms with Crippen molar-refractivity contribution in [1.82, 2.24) is 19.1 Å². The Kier molecular flexibility index (Phi) is 11.2. The van der Waals surface area contributed by atoms with Gasteiger partial charge in [0.25, 0.3) is 5.91 Å². The van der Waals surface area contributed by atoms with Crippen LogP contribution in [0.3, 0.4) is 0 Å². The number of fused-ring (bicyclic) bond motifs is 1. The number of nitrogens with zero attached hydrogens (tertiary/aromatic N) is 5. The van der Waals surface area contributed by atoms with E-state index < -0.39 is 16.1 Å². The van der Waals surface area contributed by atoms with Crippen LogP contribution >= 0.6 is 35.3 Å². The molecule has 0 unspecified atom stereocenters. The molecule has 0 spiro atoms. The molecule has 3 aromatic rings. The molecule has 10 nitrogen and oxygen atoms in total. The van der Waals surface area contributed by atoms with Gasteiger partial charge in [0.05, 0.1) is 21.7 Å². The molecule has 2 heterocycles. The first kappa shape index (κ1) is 32.0. The van der Waals surface area contributed by atoms with E-state index in [0.29, 0.717) is 22.3 Å². The Balaban J connectivity index is 0.00000441. The van der Waals surface area contributed by atoms with Gasteiger partial charge in [-0.05, 0) is 76.4 Å². The van der Waals surface area contributed by atoms with E-state index in [0.717, 1.165) is 23.2 Å². The Labute approximate surface area is 249 Å². The molecule has 0 bridgehead atoms. The van der Waals surface area contributed by atoms with Crippen molar-refractivity contribution in [2.45, 2.75) is 18.2 Å². The smallest absolute Gasteiger partial charge is 0.409 e. The quantitative estimate of drug-likeness (QED) is 0.345. The van der Waals surface area contributed by atoms with Gasteiger partial charge in [0.2, 0.25) is 10.0 Å². The van der Waals surface area contributed by atoms with Crippen LogP contribution in [0.25, 0.3) is 10.2 Å². The lowest BCUT2D eigenvalue weighted by molar-refractivity contribution is 0.0933. The number of thiazole rings is 1. The molecule has 218 valence electrons. The van der Waals surface area contributed by atoms with Crippen molar-refractivity contribution in [2.75, 3.05) is 64.9 Å². The second kappa shape index (κ2) is 13.9. The van der Waals surface area contributed by atoms with Gasteiger partial charge in [-0.15, -0.1) is 12.4 Å². The van der Waals surface area contributed by atoms with Crippen LogP contribution < -0.4 is 4.90 Å². The number of rotatable bonds is 9. The maximum Gasteiger partial charge on any atom is 0.409 e. The zero-order valence-electron chi connectivity index (χ0n) is 22.6. The number of carbonyl (C=O) groups is 2. The summed E-state index contributed by atoms with van der Waals surface area (Å²) in [5.74, 6) is -0.258. The summed E-state index contributed by atoms with van der Waals surface area (Å²) in [4.78, 5) is 35.5. The van der Waals surface area contributed by atoms with Gasteiger partial charge in [0.15, 0.2) is 5.13 Å². The lowest BCUT2D eigenvalue weighted by atomic mass is 10.2. The highest BCUT2D eigenvalue weighted by Gasteiger charge is 2.31. The summed E-state index contributed by atoms with van der Waals surface area (Å²) in [6, 6.07) is 11.4. The Morgan fingerprint density at radius 2 is 1.73 bits per heavy atom. The molecule has 0 N–H and O–H groups in total. The number of amides is 2. The van der Waals surface area contributed by atoms with Gasteiger partial charge in [-0.2, -0.15) is 4.31 Å². The highest BCUT2D eigenvalue weighted by atomic mass is 35.5. The van der Waals surface area contributed by atoms with Crippen LogP contribution in [0.15, 0.2) is 47.4 Å². The van der Waals surface area contributed by atoms with E-state index in [4.69, 9.17) is 16.3 Å². The maximum absolute atomic E-state index is 13.6. The summed E-state index contributed by atoms with van der Waals surface area (Å²) in [7, 11) is 0.166. The molecule has 1 aromatic heterocycles. The Morgan fingerprint density at radius 1 is 1.05 bits per heavy atom. The van der Waals surface area contributed by atoms with Gasteiger partial charge in [-0.25, -0.2) is 18.2 Å². The van der Waals surface area contributed by atoms with Crippen molar-refractivity contribution in [2.24, 2.45) is 0 Å². The number of carbonyl (C=O) groups excluding carboxylic acids is 2. The number of ether oxygens (including phenoxy) is 1. The van der Waals surface area contributed by atoms with E-state index in [9.17, 15) is 18.0 Å². The number of aromatic nitrogens is 1. The average molecular weight is 631 g/mol. The lowest BCUT2D eigenvalue weighted by Gasteiger charge is -2.33. The van der Waals surface area contributed by atoms with Crippen molar-refractivity contribution >= 4 is 72.7 Å². The first-order valence-electron chi connectivity index (χ1n) is 12.6. The first-order valence-corrected chi connectivity index (χ1v) is 15.3. The fraction of sp³-hybridized carbons (Fsp3) is 0.423. The third kappa shape index (κ3) is 7.42. The zero-order valence-corrected chi connectivity index (χ0v) is 25.8. The molecule has 1 aliphatic heterocycles. The Morgan fingerprint density at radius 3 is 2.35 bits per heavy atom. The molecule has 1 aliphatic rings. The molecule has 2 aromatic carbocycles. The fourth-order valence-electron chi connectivity index (χ4n) is 4.23. The van der Waals surface area contributed by atoms with E-state index >= 15 is 0 Å². The predicted molar refractivity (Wildman–Crippen MR) is 161 cm³/mol. The number of anilines is 1. The number of hydrogen-bond donors (Lipinski definition) is 0. The topological polar surface area (TPSA) is 103 Å². The zero-order chi connectivity index (χ0) is 28.2. The van der Waals surface area contributed by atoms with Crippen molar-refractivity contribution in [1.29, 1.82) is 0 Å². The maximum atomic E-state index is 13.6. The molecule has 40 heavy (non-hydrogen) atoms. The van der Waals surface area contributed by atoms with Crippen LogP contribution in [-0.4, -0.2) is 99.5 Å². The van der Waals surface area contributed by atoms with Gasteiger partial charge in [-0.1, -0.05) is 22.9 Å². The van der Waals surface area contributed by atoms with Gasteiger partial charge in [-0.3, -0.25) is 9.69 Å². The largest absolute Gasteiger partial charge is 0.450 e. The molecule has 0 radical (unpaired) electrons. The SMILES string of the molecule is CCOC(=O)N1CCN(S(=O)(=O)c2ccc(C(=O)N(CCCN(C)C)c3nc4ccc(Cl)cc4s3)cc2)CC1.Cl. The minimum absolute atomic E-state index is 0. The van der Waals surface area contributed by atoms with Crippen LogP contribution in [0.4, 0.5) is 9.93 Å². The van der Waals surface area contributed by atoms with Gasteiger partial charge >= 0.3 is 6.09 Å². The monoisotopic (exact) mass is 629 g/mol. The summed E-state index contributed by atoms with van der Waals surface area (Å²) in [6.45, 7) is 4.09. The molecular formula is C26H33Cl2N5O5S2. The van der Waals surface area contributed by atoms with E-state index in [-0.39, 0.29) is 56.0 Å². The summed E-state index contributed by atoms with van der Waals surface area (Å²) < 4.78 is 33.7. The van der Waals surface area contributed by atoms with Crippen molar-refractivity contribution < 1.29 is 22.7 Å². The number of sulfonamides is 1. The standard InChI is InChI=1S/C26H32ClN5O5S2.ClH/c1-4-37-26(34)30-14-16-31(17-15-30)39(35,36)21-9-6-19(7-10-21)24(33)32(13-5-12-29(2)3)25-28-22-11-8-20(27)18-23(22)38-25;/h6-11,18H,4-5,12-17H2,1-3H3;1H. The van der Waals surface area contributed by atoms with Gasteiger partial charge < -0.3 is 14.5 Å². The van der Waals surface area contributed by atoms with Crippen LogP contribution in [0.2, 0.25) is 5.02 Å². The van der Waals surface area contributed by atoms with Crippen molar-refractivity contribution in [3.63, 3.8) is 0 Å². The van der Waals surface area contributed by atoms with E-state index in [1.54, 1.807) is 17.9 Å². The third-order valence-corrected chi connectivity index (χ3v) is 9.50. The molecule has 14 heteroatoms. The van der Waals surface area contributed by atoms with Crippen molar-refractivity contribution in [3.8, 4) is 0 Å². The molecular weight excluding hydrogens is 597 g/mol. The summed E-state index contributed by atoms with van der Waals surface area (Å²) in [5.41, 5.74) is 1.12. The predicted octanol–water partition coefficient (Wildman–Crippen LogP) is 4.43. The fourth-order valence-corrected chi connectivity index (χ4v) is 6.92. The van der Waals surface area contributed by atoms with E-state index in [2.05, 4.69) is 4.98 Å². The second-order valence-corrected chi connectivity index (χ2v) is 12.7. The minimum atomic E-state index is -3.78. The van der Waals surface area contributed by atoms with Gasteiger partial charge in [0.1, 0.15) is 0 Å². The number of benzene rings is 2. The second-order valence-electron chi connectivity index (χ2n) is 9.34. The van der Waals surface area contributed by atoms with Crippen LogP contribution in [0, 0.1) is 0 Å². The summed E-state index contributed by atoms with van der Waals surface area (Å²) >= 11 is 7.53. The summed E-state index contributed by atoms with van der Waals surface area (Å²) in [6.07, 6.45) is 0.295. The van der Waals surface area contributed by atoms with Crippen molar-refractivity contribution in [3.05, 3.63) is 53.1 Å². The van der Waals surface area contributed by atoms with Crippen LogP contribution in [0.5, 0.6) is 0 Å². The first-order chi connectivity index (χ1) is 18.6. The minimum Gasteiger partial charge on any atom is -0.450 e. The third-order valence-electron chi connectivity index (χ3n) is 6.31. The molecule has 0 saturated carbocycles. The molecule has 0 aliphatic carbocycles. The lowest BCUT2D eigenvalue weighted by Crippen LogP contribution is -2.50. The molecule has 4 rings (SSSR count). The Bertz CT molecular complexity index is 1430. The Hall–Kier alpha value is -2.48. The number of piperazine rings is 1. The van der Waals surface area contributed by atoms with Crippen LogP contribution in [-0.2, 0) is 14.8 Å².